The molecule has 1 aliphatic rings. The molecule has 1 atom stereocenters. The fourth-order valence-corrected chi connectivity index (χ4v) is 4.41. The number of thioether (sulfide) groups is 2. The second-order valence-electron chi connectivity index (χ2n) is 6.76. The number of aryl methyl sites for hydroxylation is 1. The monoisotopic (exact) mass is 451 g/mol. The molecule has 1 aromatic heterocycles. The molecule has 31 heavy (non-hydrogen) atoms. The van der Waals surface area contributed by atoms with Gasteiger partial charge in [0.2, 0.25) is 11.1 Å². The first kappa shape index (κ1) is 21.1. The van der Waals surface area contributed by atoms with Crippen molar-refractivity contribution >= 4 is 40.3 Å². The molecule has 0 aliphatic carbocycles. The van der Waals surface area contributed by atoms with Crippen LogP contribution in [0, 0.1) is 6.92 Å². The Morgan fingerprint density at radius 2 is 1.97 bits per heavy atom. The van der Waals surface area contributed by atoms with E-state index in [0.717, 1.165) is 16.9 Å². The van der Waals surface area contributed by atoms with Crippen LogP contribution in [0.2, 0.25) is 0 Å². The number of amidine groups is 1. The minimum absolute atomic E-state index is 0.143. The molecule has 1 unspecified atom stereocenters. The summed E-state index contributed by atoms with van der Waals surface area (Å²) in [5.41, 5.74) is 6.99. The molecule has 1 amide bonds. The molecule has 2 heterocycles. The Hall–Kier alpha value is -3.11. The van der Waals surface area contributed by atoms with Crippen LogP contribution >= 0.6 is 23.5 Å². The molecule has 8 nitrogen and oxygen atoms in total. The summed E-state index contributed by atoms with van der Waals surface area (Å²) >= 11 is 2.70. The predicted molar refractivity (Wildman–Crippen MR) is 125 cm³/mol. The van der Waals surface area contributed by atoms with E-state index in [4.69, 9.17) is 0 Å². The highest BCUT2D eigenvalue weighted by Crippen LogP contribution is 2.26. The van der Waals surface area contributed by atoms with Crippen molar-refractivity contribution in [1.82, 2.24) is 30.9 Å². The van der Waals surface area contributed by atoms with Crippen LogP contribution in [-0.2, 0) is 4.79 Å². The minimum atomic E-state index is -0.362. The molecule has 1 aliphatic heterocycles. The van der Waals surface area contributed by atoms with Crippen LogP contribution in [0.15, 0.2) is 70.3 Å². The van der Waals surface area contributed by atoms with Gasteiger partial charge in [0.1, 0.15) is 0 Å². The molecule has 4 rings (SSSR count). The number of carbonyl (C=O) groups excluding carboxylic acids is 1. The number of nitrogens with one attached hydrogen (secondary N) is 2. The number of nitrogens with zero attached hydrogens (tertiary/aromatic N) is 5. The molecule has 2 aromatic carbocycles. The predicted octanol–water partition coefficient (Wildman–Crippen LogP) is 3.56. The third kappa shape index (κ3) is 5.15. The summed E-state index contributed by atoms with van der Waals surface area (Å²) in [6.07, 6.45) is 0.619. The lowest BCUT2D eigenvalue weighted by Crippen LogP contribution is -2.37. The van der Waals surface area contributed by atoms with Crippen LogP contribution in [0.1, 0.15) is 24.5 Å². The van der Waals surface area contributed by atoms with Crippen molar-refractivity contribution in [3.63, 3.8) is 0 Å². The van der Waals surface area contributed by atoms with E-state index in [2.05, 4.69) is 43.5 Å². The molecular weight excluding hydrogens is 430 g/mol. The first-order valence-corrected chi connectivity index (χ1v) is 11.5. The molecule has 2 N–H and O–H groups in total. The third-order valence-corrected chi connectivity index (χ3v) is 6.58. The van der Waals surface area contributed by atoms with Crippen LogP contribution in [0.5, 0.6) is 0 Å². The highest BCUT2D eigenvalue weighted by molar-refractivity contribution is 8.16. The highest BCUT2D eigenvalue weighted by atomic mass is 32.2. The number of hydrogen-bond acceptors (Lipinski definition) is 8. The summed E-state index contributed by atoms with van der Waals surface area (Å²) in [7, 11) is 0. The van der Waals surface area contributed by atoms with Crippen molar-refractivity contribution in [3.05, 3.63) is 71.1 Å². The molecular formula is C21H21N7OS2. The molecule has 0 radical (unpaired) electrons. The number of benzene rings is 2. The number of carbonyl (C=O) groups is 1. The van der Waals surface area contributed by atoms with E-state index in [1.807, 2.05) is 61.7 Å². The van der Waals surface area contributed by atoms with Crippen LogP contribution < -0.4 is 10.7 Å². The van der Waals surface area contributed by atoms with Crippen LogP contribution in [-0.4, -0.2) is 36.5 Å². The van der Waals surface area contributed by atoms with Gasteiger partial charge in [0, 0.05) is 11.0 Å². The van der Waals surface area contributed by atoms with E-state index >= 15 is 0 Å². The standard InChI is InChI=1S/C21H21N7OS2/c1-3-18(31-21-25-26-27-28(21)16-7-5-4-6-8-16)19(29)22-20-24-23-17(13-30-20)15-11-9-14(2)10-12-15/h4-13,18,23H,3H2,1-2H3,(H,22,24,29). The molecule has 0 saturated carbocycles. The summed E-state index contributed by atoms with van der Waals surface area (Å²) in [6.45, 7) is 4.00. The summed E-state index contributed by atoms with van der Waals surface area (Å²) < 4.78 is 1.63. The largest absolute Gasteiger partial charge is 0.303 e. The number of para-hydroxylation sites is 1. The number of rotatable bonds is 6. The second kappa shape index (κ2) is 9.80. The Bertz CT molecular complexity index is 1110. The highest BCUT2D eigenvalue weighted by Gasteiger charge is 2.24. The van der Waals surface area contributed by atoms with Gasteiger partial charge in [-0.3, -0.25) is 10.2 Å². The van der Waals surface area contributed by atoms with Crippen LogP contribution in [0.3, 0.4) is 0 Å². The number of aromatic nitrogens is 4. The van der Waals surface area contributed by atoms with E-state index in [0.29, 0.717) is 16.7 Å². The maximum Gasteiger partial charge on any atom is 0.239 e. The molecule has 0 bridgehead atoms. The van der Waals surface area contributed by atoms with E-state index in [1.54, 1.807) is 4.68 Å². The maximum atomic E-state index is 12.9. The number of amides is 1. The van der Waals surface area contributed by atoms with Gasteiger partial charge in [-0.15, -0.1) is 10.2 Å². The smallest absolute Gasteiger partial charge is 0.239 e. The van der Waals surface area contributed by atoms with Crippen LogP contribution in [0.4, 0.5) is 0 Å². The molecule has 0 spiro atoms. The number of hydrazone groups is 1. The summed E-state index contributed by atoms with van der Waals surface area (Å²) in [5.74, 6) is -0.143. The molecule has 10 heteroatoms. The maximum absolute atomic E-state index is 12.9. The normalized spacial score (nSPS) is 14.3. The molecule has 158 valence electrons. The average molecular weight is 452 g/mol. The van der Waals surface area contributed by atoms with Gasteiger partial charge in [-0.05, 0) is 35.9 Å². The number of tetrazole rings is 1. The average Bonchev–Trinajstić information content (AvgIpc) is 3.27. The van der Waals surface area contributed by atoms with Gasteiger partial charge in [0.05, 0.1) is 16.6 Å². The summed E-state index contributed by atoms with van der Waals surface area (Å²) in [4.78, 5) is 12.9. The Balaban J connectivity index is 1.38. The molecule has 0 saturated heterocycles. The van der Waals surface area contributed by atoms with Crippen molar-refractivity contribution in [3.8, 4) is 5.69 Å². The van der Waals surface area contributed by atoms with Crippen molar-refractivity contribution < 1.29 is 4.79 Å². The lowest BCUT2D eigenvalue weighted by Gasteiger charge is -2.17. The molecule has 0 fully saturated rings. The van der Waals surface area contributed by atoms with Gasteiger partial charge in [0.25, 0.3) is 0 Å². The Morgan fingerprint density at radius 1 is 1.19 bits per heavy atom. The SMILES string of the molecule is CCC(Sc1nnnn1-c1ccccc1)C(=O)NC1=NNC(c2ccc(C)cc2)=CS1. The Morgan fingerprint density at radius 3 is 2.65 bits per heavy atom. The minimum Gasteiger partial charge on any atom is -0.303 e. The lowest BCUT2D eigenvalue weighted by molar-refractivity contribution is -0.119. The van der Waals surface area contributed by atoms with Gasteiger partial charge in [0.15, 0.2) is 5.17 Å². The first-order valence-electron chi connectivity index (χ1n) is 9.73. The van der Waals surface area contributed by atoms with Crippen LogP contribution in [0.25, 0.3) is 11.4 Å². The van der Waals surface area contributed by atoms with E-state index < -0.39 is 0 Å². The summed E-state index contributed by atoms with van der Waals surface area (Å²) in [6, 6.07) is 17.8. The molecule has 3 aromatic rings. The van der Waals surface area contributed by atoms with Crippen molar-refractivity contribution in [1.29, 1.82) is 0 Å². The topological polar surface area (TPSA) is 97.1 Å². The first-order chi connectivity index (χ1) is 15.1. The van der Waals surface area contributed by atoms with Gasteiger partial charge >= 0.3 is 0 Å². The van der Waals surface area contributed by atoms with E-state index in [9.17, 15) is 4.79 Å². The summed E-state index contributed by atoms with van der Waals surface area (Å²) in [5, 5.41) is 21.7. The van der Waals surface area contributed by atoms with Gasteiger partial charge in [-0.1, -0.05) is 78.5 Å². The number of hydrogen-bond donors (Lipinski definition) is 2. The van der Waals surface area contributed by atoms with Crippen molar-refractivity contribution in [2.24, 2.45) is 5.10 Å². The quantitative estimate of drug-likeness (QED) is 0.553. The van der Waals surface area contributed by atoms with Crippen molar-refractivity contribution in [2.75, 3.05) is 0 Å². The zero-order chi connectivity index (χ0) is 21.6. The zero-order valence-corrected chi connectivity index (χ0v) is 18.7. The fourth-order valence-electron chi connectivity index (χ4n) is 2.82. The second-order valence-corrected chi connectivity index (χ2v) is 8.78. The van der Waals surface area contributed by atoms with Gasteiger partial charge < -0.3 is 5.32 Å². The van der Waals surface area contributed by atoms with Gasteiger partial charge in [-0.25, -0.2) is 0 Å². The fraction of sp³-hybridized carbons (Fsp3) is 0.190. The Labute approximate surface area is 188 Å². The zero-order valence-electron chi connectivity index (χ0n) is 17.0. The van der Waals surface area contributed by atoms with Crippen molar-refractivity contribution in [2.45, 2.75) is 30.7 Å². The van der Waals surface area contributed by atoms with Gasteiger partial charge in [-0.2, -0.15) is 4.68 Å². The third-order valence-electron chi connectivity index (χ3n) is 4.51. The van der Waals surface area contributed by atoms with E-state index in [-0.39, 0.29) is 11.2 Å². The Kier molecular flexibility index (Phi) is 6.68. The van der Waals surface area contributed by atoms with E-state index in [1.165, 1.54) is 29.1 Å². The lowest BCUT2D eigenvalue weighted by atomic mass is 10.1.